The summed E-state index contributed by atoms with van der Waals surface area (Å²) in [6.45, 7) is 1.86. The van der Waals surface area contributed by atoms with Crippen LogP contribution in [0.25, 0.3) is 0 Å². The monoisotopic (exact) mass is 357 g/mol. The Hall–Kier alpha value is -1.82. The molecule has 2 aromatic carbocycles. The second kappa shape index (κ2) is 5.89. The lowest BCUT2D eigenvalue weighted by atomic mass is 10.1. The highest BCUT2D eigenvalue weighted by atomic mass is 79.9. The zero-order valence-electron chi connectivity index (χ0n) is 11.0. The predicted molar refractivity (Wildman–Crippen MR) is 78.3 cm³/mol. The number of hydrogen-bond donors (Lipinski definition) is 1. The number of hydrogen-bond acceptors (Lipinski definition) is 1. The summed E-state index contributed by atoms with van der Waals surface area (Å²) in [6.07, 6.45) is -4.49. The SMILES string of the molecule is Cc1cccc(NC(=O)c2cc(C(F)(F)F)ccc2Br)c1. The summed E-state index contributed by atoms with van der Waals surface area (Å²) in [5, 5.41) is 2.58. The molecule has 6 heteroatoms. The molecule has 0 unspecified atom stereocenters. The van der Waals surface area contributed by atoms with E-state index in [0.29, 0.717) is 10.2 Å². The Labute approximate surface area is 128 Å². The maximum Gasteiger partial charge on any atom is 0.416 e. The fourth-order valence-electron chi connectivity index (χ4n) is 1.80. The van der Waals surface area contributed by atoms with E-state index in [9.17, 15) is 18.0 Å². The van der Waals surface area contributed by atoms with Crippen LogP contribution in [0, 0.1) is 6.92 Å². The fourth-order valence-corrected chi connectivity index (χ4v) is 2.22. The standard InChI is InChI=1S/C15H11BrF3NO/c1-9-3-2-4-11(7-9)20-14(21)12-8-10(15(17,18)19)5-6-13(12)16/h2-8H,1H3,(H,20,21). The fraction of sp³-hybridized carbons (Fsp3) is 0.133. The van der Waals surface area contributed by atoms with Crippen LogP contribution in [-0.2, 0) is 6.18 Å². The van der Waals surface area contributed by atoms with Gasteiger partial charge in [-0.15, -0.1) is 0 Å². The van der Waals surface area contributed by atoms with E-state index < -0.39 is 17.6 Å². The average molecular weight is 358 g/mol. The molecule has 0 aliphatic carbocycles. The molecule has 0 atom stereocenters. The number of anilines is 1. The number of alkyl halides is 3. The molecule has 0 spiro atoms. The minimum atomic E-state index is -4.49. The number of amides is 1. The number of aryl methyl sites for hydroxylation is 1. The zero-order valence-corrected chi connectivity index (χ0v) is 12.5. The maximum absolute atomic E-state index is 12.7. The third-order valence-corrected chi connectivity index (χ3v) is 3.51. The van der Waals surface area contributed by atoms with Gasteiger partial charge < -0.3 is 5.32 Å². The molecular formula is C15H11BrF3NO. The van der Waals surface area contributed by atoms with Gasteiger partial charge in [0.25, 0.3) is 5.91 Å². The van der Waals surface area contributed by atoms with Crippen molar-refractivity contribution in [1.82, 2.24) is 0 Å². The Morgan fingerprint density at radius 1 is 1.14 bits per heavy atom. The molecule has 0 aromatic heterocycles. The maximum atomic E-state index is 12.7. The van der Waals surface area contributed by atoms with Gasteiger partial charge in [0.15, 0.2) is 0 Å². The van der Waals surface area contributed by atoms with E-state index in [-0.39, 0.29) is 5.56 Å². The van der Waals surface area contributed by atoms with E-state index in [1.54, 1.807) is 18.2 Å². The van der Waals surface area contributed by atoms with Crippen LogP contribution in [0.1, 0.15) is 21.5 Å². The van der Waals surface area contributed by atoms with Crippen LogP contribution in [0.5, 0.6) is 0 Å². The minimum absolute atomic E-state index is 0.0636. The number of carbonyl (C=O) groups excluding carboxylic acids is 1. The molecule has 1 N–H and O–H groups in total. The molecule has 21 heavy (non-hydrogen) atoms. The Balaban J connectivity index is 2.31. The first kappa shape index (κ1) is 15.6. The van der Waals surface area contributed by atoms with Crippen LogP contribution in [0.2, 0.25) is 0 Å². The van der Waals surface area contributed by atoms with E-state index in [4.69, 9.17) is 0 Å². The summed E-state index contributed by atoms with van der Waals surface area (Å²) >= 11 is 3.10. The molecule has 0 fully saturated rings. The highest BCUT2D eigenvalue weighted by Crippen LogP contribution is 2.32. The summed E-state index contributed by atoms with van der Waals surface area (Å²) in [7, 11) is 0. The van der Waals surface area contributed by atoms with Crippen molar-refractivity contribution >= 4 is 27.5 Å². The Morgan fingerprint density at radius 3 is 2.48 bits per heavy atom. The first-order valence-corrected chi connectivity index (χ1v) is 6.81. The molecule has 0 saturated heterocycles. The number of halogens is 4. The lowest BCUT2D eigenvalue weighted by molar-refractivity contribution is -0.137. The second-order valence-electron chi connectivity index (χ2n) is 4.52. The van der Waals surface area contributed by atoms with Crippen molar-refractivity contribution in [3.05, 3.63) is 63.6 Å². The minimum Gasteiger partial charge on any atom is -0.322 e. The molecular weight excluding hydrogens is 347 g/mol. The van der Waals surface area contributed by atoms with E-state index in [1.165, 1.54) is 6.07 Å². The first-order valence-electron chi connectivity index (χ1n) is 6.02. The van der Waals surface area contributed by atoms with E-state index in [1.807, 2.05) is 13.0 Å². The predicted octanol–water partition coefficient (Wildman–Crippen LogP) is 5.03. The molecule has 0 heterocycles. The topological polar surface area (TPSA) is 29.1 Å². The normalized spacial score (nSPS) is 11.3. The average Bonchev–Trinajstić information content (AvgIpc) is 2.37. The number of carbonyl (C=O) groups is 1. The molecule has 2 aromatic rings. The van der Waals surface area contributed by atoms with Gasteiger partial charge in [0.05, 0.1) is 11.1 Å². The number of nitrogens with one attached hydrogen (secondary N) is 1. The smallest absolute Gasteiger partial charge is 0.322 e. The molecule has 110 valence electrons. The van der Waals surface area contributed by atoms with Crippen molar-refractivity contribution < 1.29 is 18.0 Å². The first-order chi connectivity index (χ1) is 9.77. The van der Waals surface area contributed by atoms with Gasteiger partial charge in [0, 0.05) is 10.2 Å². The third kappa shape index (κ3) is 3.85. The van der Waals surface area contributed by atoms with Crippen molar-refractivity contribution in [2.75, 3.05) is 5.32 Å². The quantitative estimate of drug-likeness (QED) is 0.802. The summed E-state index contributed by atoms with van der Waals surface area (Å²) in [5.41, 5.74) is 0.548. The largest absolute Gasteiger partial charge is 0.416 e. The Morgan fingerprint density at radius 2 is 1.86 bits per heavy atom. The lowest BCUT2D eigenvalue weighted by Gasteiger charge is -2.11. The van der Waals surface area contributed by atoms with Crippen molar-refractivity contribution in [2.24, 2.45) is 0 Å². The van der Waals surface area contributed by atoms with Crippen molar-refractivity contribution in [3.8, 4) is 0 Å². The van der Waals surface area contributed by atoms with Gasteiger partial charge in [-0.3, -0.25) is 4.79 Å². The summed E-state index contributed by atoms with van der Waals surface area (Å²) < 4.78 is 38.4. The summed E-state index contributed by atoms with van der Waals surface area (Å²) in [4.78, 5) is 12.1. The summed E-state index contributed by atoms with van der Waals surface area (Å²) in [5.74, 6) is -0.599. The summed E-state index contributed by atoms with van der Waals surface area (Å²) in [6, 6.07) is 9.99. The van der Waals surface area contributed by atoms with Gasteiger partial charge in [0.2, 0.25) is 0 Å². The van der Waals surface area contributed by atoms with E-state index in [0.717, 1.165) is 17.7 Å². The third-order valence-electron chi connectivity index (χ3n) is 2.81. The van der Waals surface area contributed by atoms with Gasteiger partial charge in [-0.25, -0.2) is 0 Å². The Kier molecular flexibility index (Phi) is 4.37. The van der Waals surface area contributed by atoms with Gasteiger partial charge in [0.1, 0.15) is 0 Å². The van der Waals surface area contributed by atoms with Crippen LogP contribution in [0.3, 0.4) is 0 Å². The molecule has 2 nitrogen and oxygen atoms in total. The second-order valence-corrected chi connectivity index (χ2v) is 5.37. The lowest BCUT2D eigenvalue weighted by Crippen LogP contribution is -2.14. The molecule has 1 amide bonds. The molecule has 2 rings (SSSR count). The van der Waals surface area contributed by atoms with Gasteiger partial charge in [-0.1, -0.05) is 12.1 Å². The molecule has 0 bridgehead atoms. The molecule has 0 aliphatic heterocycles. The van der Waals surface area contributed by atoms with Crippen LogP contribution in [0.15, 0.2) is 46.9 Å². The Bertz CT molecular complexity index is 683. The van der Waals surface area contributed by atoms with Crippen LogP contribution in [0.4, 0.5) is 18.9 Å². The molecule has 0 radical (unpaired) electrons. The van der Waals surface area contributed by atoms with Crippen molar-refractivity contribution in [1.29, 1.82) is 0 Å². The van der Waals surface area contributed by atoms with E-state index in [2.05, 4.69) is 21.2 Å². The zero-order chi connectivity index (χ0) is 15.6. The molecule has 0 aliphatic rings. The van der Waals surface area contributed by atoms with Gasteiger partial charge in [-0.2, -0.15) is 13.2 Å². The van der Waals surface area contributed by atoms with Crippen molar-refractivity contribution in [2.45, 2.75) is 13.1 Å². The van der Waals surface area contributed by atoms with E-state index >= 15 is 0 Å². The van der Waals surface area contributed by atoms with Crippen molar-refractivity contribution in [3.63, 3.8) is 0 Å². The highest BCUT2D eigenvalue weighted by Gasteiger charge is 2.31. The van der Waals surface area contributed by atoms with Crippen LogP contribution < -0.4 is 5.32 Å². The number of benzene rings is 2. The molecule has 0 saturated carbocycles. The highest BCUT2D eigenvalue weighted by molar-refractivity contribution is 9.10. The van der Waals surface area contributed by atoms with Gasteiger partial charge >= 0.3 is 6.18 Å². The van der Waals surface area contributed by atoms with Gasteiger partial charge in [-0.05, 0) is 58.7 Å². The van der Waals surface area contributed by atoms with Crippen LogP contribution in [-0.4, -0.2) is 5.91 Å². The number of rotatable bonds is 2. The van der Waals surface area contributed by atoms with Crippen LogP contribution >= 0.6 is 15.9 Å².